The number of rotatable bonds is 10. The van der Waals surface area contributed by atoms with Crippen molar-refractivity contribution in [2.75, 3.05) is 25.7 Å². The second kappa shape index (κ2) is 9.25. The number of sulfonamides is 1. The molecule has 0 unspecified atom stereocenters. The van der Waals surface area contributed by atoms with Crippen LogP contribution in [0.25, 0.3) is 0 Å². The summed E-state index contributed by atoms with van der Waals surface area (Å²) in [5, 5.41) is 0. The minimum atomic E-state index is -2.98. The first kappa shape index (κ1) is 16.2. The van der Waals surface area contributed by atoms with Crippen molar-refractivity contribution in [2.24, 2.45) is 0 Å². The van der Waals surface area contributed by atoms with Gasteiger partial charge in [0.15, 0.2) is 0 Å². The van der Waals surface area contributed by atoms with E-state index in [1.54, 1.807) is 14.1 Å². The highest BCUT2D eigenvalue weighted by Crippen LogP contribution is 2.09. The fourth-order valence-corrected chi connectivity index (χ4v) is 2.57. The molecule has 0 saturated heterocycles. The Morgan fingerprint density at radius 3 is 1.75 bits per heavy atom. The lowest BCUT2D eigenvalue weighted by Gasteiger charge is -2.10. The van der Waals surface area contributed by atoms with Crippen LogP contribution in [0.1, 0.15) is 44.9 Å². The highest BCUT2D eigenvalue weighted by Gasteiger charge is 2.11. The maximum absolute atomic E-state index is 11.4. The van der Waals surface area contributed by atoms with Crippen LogP contribution in [0.2, 0.25) is 0 Å². The summed E-state index contributed by atoms with van der Waals surface area (Å²) in [6, 6.07) is 0. The molecule has 3 nitrogen and oxygen atoms in total. The van der Waals surface area contributed by atoms with Crippen LogP contribution in [0.4, 0.5) is 0 Å². The molecule has 0 aromatic carbocycles. The Morgan fingerprint density at radius 1 is 0.875 bits per heavy atom. The van der Waals surface area contributed by atoms with E-state index in [1.807, 2.05) is 0 Å². The van der Waals surface area contributed by atoms with Crippen molar-refractivity contribution in [3.8, 4) is 0 Å². The van der Waals surface area contributed by atoms with Crippen LogP contribution in [0, 0.1) is 0 Å². The first-order valence-corrected chi connectivity index (χ1v) is 8.11. The van der Waals surface area contributed by atoms with Gasteiger partial charge in [-0.2, -0.15) is 0 Å². The Kier molecular flexibility index (Phi) is 9.37. The summed E-state index contributed by atoms with van der Waals surface area (Å²) in [5.41, 5.74) is 0. The summed E-state index contributed by atoms with van der Waals surface area (Å²) in [7, 11) is 0.186. The van der Waals surface area contributed by atoms with Gasteiger partial charge in [0.2, 0.25) is 10.0 Å². The van der Waals surface area contributed by atoms with E-state index >= 15 is 0 Å². The molecule has 0 aromatic heterocycles. The van der Waals surface area contributed by atoms with Crippen molar-refractivity contribution >= 4 is 21.6 Å². The minimum Gasteiger partial charge on any atom is -0.212 e. The minimum absolute atomic E-state index is 0.279. The van der Waals surface area contributed by atoms with Gasteiger partial charge in [-0.1, -0.05) is 32.1 Å². The molecule has 16 heavy (non-hydrogen) atoms. The van der Waals surface area contributed by atoms with Gasteiger partial charge < -0.3 is 0 Å². The number of unbranched alkanes of at least 4 members (excludes halogenated alkanes) is 6. The molecule has 0 bridgehead atoms. The number of hydrogen-bond acceptors (Lipinski definition) is 2. The summed E-state index contributed by atoms with van der Waals surface area (Å²) < 4.78 is 24.1. The Balaban J connectivity index is 3.34. The number of halogens is 1. The number of hydrogen-bond donors (Lipinski definition) is 0. The molecule has 0 aliphatic rings. The Labute approximate surface area is 105 Å². The second-order valence-corrected chi connectivity index (χ2v) is 6.94. The normalized spacial score (nSPS) is 12.2. The Bertz CT molecular complexity index is 253. The van der Waals surface area contributed by atoms with Crippen LogP contribution < -0.4 is 0 Å². The van der Waals surface area contributed by atoms with Crippen molar-refractivity contribution in [3.63, 3.8) is 0 Å². The highest BCUT2D eigenvalue weighted by atomic mass is 35.5. The molecule has 0 N–H and O–H groups in total. The summed E-state index contributed by atoms with van der Waals surface area (Å²) >= 11 is 5.57. The summed E-state index contributed by atoms with van der Waals surface area (Å²) in [4.78, 5) is 0. The molecule has 0 aliphatic carbocycles. The highest BCUT2D eigenvalue weighted by molar-refractivity contribution is 7.89. The quantitative estimate of drug-likeness (QED) is 0.452. The van der Waals surface area contributed by atoms with Crippen LogP contribution >= 0.6 is 11.6 Å². The molecule has 0 amide bonds. The standard InChI is InChI=1S/C11H24ClNO2S/c1-13(2)16(14,15)11-9-7-5-3-4-6-8-10-12/h3-11H2,1-2H3. The molecule has 0 fully saturated rings. The molecular weight excluding hydrogens is 246 g/mol. The smallest absolute Gasteiger partial charge is 0.212 e. The first-order valence-electron chi connectivity index (χ1n) is 5.97. The fraction of sp³-hybridized carbons (Fsp3) is 1.00. The molecule has 0 aromatic rings. The van der Waals surface area contributed by atoms with Crippen molar-refractivity contribution < 1.29 is 8.42 Å². The lowest BCUT2D eigenvalue weighted by Crippen LogP contribution is -2.24. The molecule has 0 aliphatic heterocycles. The van der Waals surface area contributed by atoms with Crippen molar-refractivity contribution in [2.45, 2.75) is 44.9 Å². The predicted octanol–water partition coefficient (Wildman–Crippen LogP) is 2.85. The number of nitrogens with zero attached hydrogens (tertiary/aromatic N) is 1. The molecule has 0 atom stereocenters. The maximum Gasteiger partial charge on any atom is 0.213 e. The Hall–Kier alpha value is 0.200. The lowest BCUT2D eigenvalue weighted by atomic mass is 10.1. The topological polar surface area (TPSA) is 37.4 Å². The summed E-state index contributed by atoms with van der Waals surface area (Å²) in [6.07, 6.45) is 7.61. The van der Waals surface area contributed by atoms with Gasteiger partial charge in [-0.15, -0.1) is 11.6 Å². The zero-order valence-electron chi connectivity index (χ0n) is 10.4. The van der Waals surface area contributed by atoms with Gasteiger partial charge in [-0.3, -0.25) is 0 Å². The molecule has 0 radical (unpaired) electrons. The summed E-state index contributed by atoms with van der Waals surface area (Å²) in [5.74, 6) is 1.03. The van der Waals surface area contributed by atoms with E-state index in [9.17, 15) is 8.42 Å². The van der Waals surface area contributed by atoms with Crippen molar-refractivity contribution in [3.05, 3.63) is 0 Å². The first-order chi connectivity index (χ1) is 7.50. The van der Waals surface area contributed by atoms with E-state index in [1.165, 1.54) is 23.6 Å². The van der Waals surface area contributed by atoms with Crippen molar-refractivity contribution in [1.29, 1.82) is 0 Å². The lowest BCUT2D eigenvalue weighted by molar-refractivity contribution is 0.514. The van der Waals surface area contributed by atoms with Gasteiger partial charge in [0.25, 0.3) is 0 Å². The number of alkyl halides is 1. The van der Waals surface area contributed by atoms with E-state index in [-0.39, 0.29) is 5.75 Å². The van der Waals surface area contributed by atoms with Crippen LogP contribution in [-0.2, 0) is 10.0 Å². The third kappa shape index (κ3) is 8.36. The third-order valence-corrected chi connectivity index (χ3v) is 4.78. The molecule has 0 heterocycles. The maximum atomic E-state index is 11.4. The average Bonchev–Trinajstić information content (AvgIpc) is 2.21. The van der Waals surface area contributed by atoms with Gasteiger partial charge in [0.1, 0.15) is 0 Å². The molecule has 98 valence electrons. The second-order valence-electron chi connectivity index (χ2n) is 4.26. The van der Waals surface area contributed by atoms with Gasteiger partial charge >= 0.3 is 0 Å². The zero-order chi connectivity index (χ0) is 12.4. The SMILES string of the molecule is CN(C)S(=O)(=O)CCCCCCCCCCl. The largest absolute Gasteiger partial charge is 0.213 e. The van der Waals surface area contributed by atoms with Gasteiger partial charge in [-0.05, 0) is 12.8 Å². The molecule has 0 spiro atoms. The molecule has 0 rings (SSSR count). The average molecular weight is 270 g/mol. The van der Waals surface area contributed by atoms with Gasteiger partial charge in [-0.25, -0.2) is 12.7 Å². The monoisotopic (exact) mass is 269 g/mol. The summed E-state index contributed by atoms with van der Waals surface area (Å²) in [6.45, 7) is 0. The van der Waals surface area contributed by atoms with E-state index in [0.717, 1.165) is 31.6 Å². The van der Waals surface area contributed by atoms with Crippen LogP contribution in [0.15, 0.2) is 0 Å². The van der Waals surface area contributed by atoms with E-state index in [4.69, 9.17) is 11.6 Å². The fourth-order valence-electron chi connectivity index (χ4n) is 1.45. The molecule has 0 saturated carbocycles. The predicted molar refractivity (Wildman–Crippen MR) is 70.5 cm³/mol. The van der Waals surface area contributed by atoms with E-state index in [0.29, 0.717) is 0 Å². The van der Waals surface area contributed by atoms with Gasteiger partial charge in [0, 0.05) is 20.0 Å². The van der Waals surface area contributed by atoms with Crippen LogP contribution in [-0.4, -0.2) is 38.5 Å². The van der Waals surface area contributed by atoms with Crippen molar-refractivity contribution in [1.82, 2.24) is 4.31 Å². The molecular formula is C11H24ClNO2S. The van der Waals surface area contributed by atoms with E-state index < -0.39 is 10.0 Å². The van der Waals surface area contributed by atoms with Crippen LogP contribution in [0.3, 0.4) is 0 Å². The molecule has 5 heteroatoms. The zero-order valence-corrected chi connectivity index (χ0v) is 12.0. The van der Waals surface area contributed by atoms with Gasteiger partial charge in [0.05, 0.1) is 5.75 Å². The third-order valence-electron chi connectivity index (χ3n) is 2.59. The van der Waals surface area contributed by atoms with Crippen LogP contribution in [0.5, 0.6) is 0 Å². The Morgan fingerprint density at radius 2 is 1.31 bits per heavy atom. The van der Waals surface area contributed by atoms with E-state index in [2.05, 4.69) is 0 Å².